The van der Waals surface area contributed by atoms with Crippen LogP contribution in [0.15, 0.2) is 36.4 Å². The van der Waals surface area contributed by atoms with Gasteiger partial charge in [-0.2, -0.15) is 0 Å². The van der Waals surface area contributed by atoms with E-state index < -0.39 is 17.8 Å². The molecular weight excluding hydrogens is 358 g/mol. The van der Waals surface area contributed by atoms with Crippen LogP contribution in [-0.4, -0.2) is 34.7 Å². The minimum absolute atomic E-state index is 0.151. The van der Waals surface area contributed by atoms with Crippen molar-refractivity contribution in [3.8, 4) is 0 Å². The second kappa shape index (κ2) is 9.42. The quantitative estimate of drug-likeness (QED) is 0.584. The number of aromatic nitrogens is 2. The third kappa shape index (κ3) is 6.10. The van der Waals surface area contributed by atoms with Crippen LogP contribution in [0.2, 0.25) is 0 Å². The first-order chi connectivity index (χ1) is 12.5. The van der Waals surface area contributed by atoms with Crippen molar-refractivity contribution in [2.45, 2.75) is 20.5 Å². The van der Waals surface area contributed by atoms with Crippen LogP contribution in [0.1, 0.15) is 27.3 Å². The zero-order valence-corrected chi connectivity index (χ0v) is 15.0. The zero-order valence-electron chi connectivity index (χ0n) is 14.2. The van der Waals surface area contributed by atoms with Gasteiger partial charge in [0.25, 0.3) is 5.91 Å². The van der Waals surface area contributed by atoms with E-state index in [0.717, 1.165) is 29.1 Å². The molecule has 0 spiro atoms. The first-order valence-corrected chi connectivity index (χ1v) is 8.51. The Labute approximate surface area is 153 Å². The van der Waals surface area contributed by atoms with Crippen molar-refractivity contribution in [3.05, 3.63) is 52.0 Å². The van der Waals surface area contributed by atoms with Gasteiger partial charge < -0.3 is 14.8 Å². The zero-order chi connectivity index (χ0) is 18.9. The fourth-order valence-corrected chi connectivity index (χ4v) is 2.38. The molecule has 0 atom stereocenters. The molecule has 0 saturated carbocycles. The van der Waals surface area contributed by atoms with Crippen molar-refractivity contribution in [2.24, 2.45) is 0 Å². The molecule has 8 nitrogen and oxygen atoms in total. The fraction of sp³-hybridized carbons (Fsp3) is 0.235. The molecule has 0 radical (unpaired) electrons. The number of nitrogens with one attached hydrogen (secondary N) is 1. The Hall–Kier alpha value is -3.07. The van der Waals surface area contributed by atoms with E-state index in [9.17, 15) is 14.4 Å². The number of hydrogen-bond acceptors (Lipinski definition) is 8. The molecule has 1 aromatic heterocycles. The second-order valence-corrected chi connectivity index (χ2v) is 6.08. The summed E-state index contributed by atoms with van der Waals surface area (Å²) in [5, 5.41) is 10.8. The summed E-state index contributed by atoms with van der Waals surface area (Å²) in [5.74, 6) is -1.75. The number of benzene rings is 1. The van der Waals surface area contributed by atoms with Crippen molar-refractivity contribution in [1.82, 2.24) is 10.2 Å². The maximum atomic E-state index is 12.1. The number of ether oxygens (including phenoxy) is 2. The maximum Gasteiger partial charge on any atom is 0.331 e. The Bertz CT molecular complexity index is 814. The van der Waals surface area contributed by atoms with Crippen molar-refractivity contribution < 1.29 is 23.9 Å². The van der Waals surface area contributed by atoms with E-state index in [0.29, 0.717) is 10.7 Å². The van der Waals surface area contributed by atoms with E-state index in [1.807, 2.05) is 19.1 Å². The highest BCUT2D eigenvalue weighted by atomic mass is 32.1. The monoisotopic (exact) mass is 375 g/mol. The summed E-state index contributed by atoms with van der Waals surface area (Å²) in [7, 11) is 0. The van der Waals surface area contributed by atoms with E-state index in [-0.39, 0.29) is 18.2 Å². The molecule has 9 heteroatoms. The summed E-state index contributed by atoms with van der Waals surface area (Å²) in [6.07, 6.45) is 1.94. The van der Waals surface area contributed by atoms with E-state index in [4.69, 9.17) is 4.74 Å². The van der Waals surface area contributed by atoms with Crippen LogP contribution in [0, 0.1) is 6.92 Å². The number of esters is 2. The number of rotatable bonds is 7. The number of carbonyl (C=O) groups excluding carboxylic acids is 3. The van der Waals surface area contributed by atoms with Gasteiger partial charge in [0, 0.05) is 17.8 Å². The summed E-state index contributed by atoms with van der Waals surface area (Å²) < 4.78 is 9.57. The van der Waals surface area contributed by atoms with Crippen LogP contribution in [0.25, 0.3) is 0 Å². The minimum atomic E-state index is -0.723. The van der Waals surface area contributed by atoms with Crippen LogP contribution in [0.4, 0.5) is 5.69 Å². The third-order valence-electron chi connectivity index (χ3n) is 2.95. The highest BCUT2D eigenvalue weighted by Crippen LogP contribution is 2.14. The molecule has 0 aliphatic carbocycles. The first kappa shape index (κ1) is 19.3. The van der Waals surface area contributed by atoms with E-state index in [1.54, 1.807) is 19.1 Å². The number of aryl methyl sites for hydroxylation is 1. The minimum Gasteiger partial charge on any atom is -0.463 e. The summed E-state index contributed by atoms with van der Waals surface area (Å²) in [5.41, 5.74) is 1.73. The molecule has 0 aliphatic rings. The Morgan fingerprint density at radius 3 is 2.38 bits per heavy atom. The molecule has 1 heterocycles. The Morgan fingerprint density at radius 1 is 1.08 bits per heavy atom. The van der Waals surface area contributed by atoms with Gasteiger partial charge in [-0.1, -0.05) is 29.0 Å². The van der Waals surface area contributed by atoms with Gasteiger partial charge in [0.2, 0.25) is 5.01 Å². The molecule has 26 heavy (non-hydrogen) atoms. The lowest BCUT2D eigenvalue weighted by atomic mass is 10.2. The normalized spacial score (nSPS) is 10.5. The first-order valence-electron chi connectivity index (χ1n) is 7.70. The van der Waals surface area contributed by atoms with E-state index in [1.165, 1.54) is 0 Å². The van der Waals surface area contributed by atoms with Crippen molar-refractivity contribution in [3.63, 3.8) is 0 Å². The number of amides is 1. The van der Waals surface area contributed by atoms with Gasteiger partial charge in [0.1, 0.15) is 6.61 Å². The molecule has 0 aliphatic heterocycles. The molecule has 0 saturated heterocycles. The van der Waals surface area contributed by atoms with Crippen molar-refractivity contribution in [1.29, 1.82) is 0 Å². The van der Waals surface area contributed by atoms with Crippen LogP contribution in [0.3, 0.4) is 0 Å². The summed E-state index contributed by atoms with van der Waals surface area (Å²) in [4.78, 5) is 34.7. The number of anilines is 1. The van der Waals surface area contributed by atoms with Crippen LogP contribution >= 0.6 is 11.3 Å². The molecule has 1 amide bonds. The number of nitrogens with zero attached hydrogens (tertiary/aromatic N) is 2. The average molecular weight is 375 g/mol. The lowest BCUT2D eigenvalue weighted by molar-refractivity contribution is -0.141. The standard InChI is InChI=1S/C17H17N3O5S/c1-3-24-14(21)8-9-15(22)25-10-13-19-20-17(26-13)16(23)18-12-6-4-11(2)5-7-12/h4-9H,3,10H2,1-2H3,(H,18,23). The summed E-state index contributed by atoms with van der Waals surface area (Å²) in [6.45, 7) is 3.68. The molecular formula is C17H17N3O5S. The lowest BCUT2D eigenvalue weighted by Gasteiger charge is -2.02. The predicted molar refractivity (Wildman–Crippen MR) is 94.6 cm³/mol. The second-order valence-electron chi connectivity index (χ2n) is 5.01. The highest BCUT2D eigenvalue weighted by Gasteiger charge is 2.14. The molecule has 136 valence electrons. The molecule has 0 unspecified atom stereocenters. The highest BCUT2D eigenvalue weighted by molar-refractivity contribution is 7.13. The van der Waals surface area contributed by atoms with Crippen LogP contribution < -0.4 is 5.32 Å². The van der Waals surface area contributed by atoms with Crippen molar-refractivity contribution in [2.75, 3.05) is 11.9 Å². The van der Waals surface area contributed by atoms with Gasteiger partial charge in [0.15, 0.2) is 5.01 Å². The largest absolute Gasteiger partial charge is 0.463 e. The van der Waals surface area contributed by atoms with Gasteiger partial charge in [-0.25, -0.2) is 9.59 Å². The molecule has 0 fully saturated rings. The van der Waals surface area contributed by atoms with Gasteiger partial charge >= 0.3 is 11.9 Å². The maximum absolute atomic E-state index is 12.1. The molecule has 1 N–H and O–H groups in total. The predicted octanol–water partition coefficient (Wildman–Crippen LogP) is 2.26. The smallest absolute Gasteiger partial charge is 0.331 e. The number of hydrogen-bond donors (Lipinski definition) is 1. The van der Waals surface area contributed by atoms with Gasteiger partial charge in [-0.15, -0.1) is 10.2 Å². The number of carbonyl (C=O) groups is 3. The van der Waals surface area contributed by atoms with Crippen LogP contribution in [0.5, 0.6) is 0 Å². The SMILES string of the molecule is CCOC(=O)C=CC(=O)OCc1nnc(C(=O)Nc2ccc(C)cc2)s1. The molecule has 2 rings (SSSR count). The topological polar surface area (TPSA) is 107 Å². The summed E-state index contributed by atoms with van der Waals surface area (Å²) in [6, 6.07) is 7.33. The molecule has 1 aromatic carbocycles. The Morgan fingerprint density at radius 2 is 1.73 bits per heavy atom. The van der Waals surface area contributed by atoms with Gasteiger partial charge in [0.05, 0.1) is 6.61 Å². The van der Waals surface area contributed by atoms with E-state index >= 15 is 0 Å². The molecule has 0 bridgehead atoms. The fourth-order valence-electron chi connectivity index (χ4n) is 1.73. The van der Waals surface area contributed by atoms with Gasteiger partial charge in [-0.05, 0) is 26.0 Å². The van der Waals surface area contributed by atoms with Crippen molar-refractivity contribution >= 4 is 34.9 Å². The van der Waals surface area contributed by atoms with Gasteiger partial charge in [-0.3, -0.25) is 4.79 Å². The average Bonchev–Trinajstić information content (AvgIpc) is 3.09. The summed E-state index contributed by atoms with van der Waals surface area (Å²) >= 11 is 1.01. The third-order valence-corrected chi connectivity index (χ3v) is 3.85. The lowest BCUT2D eigenvalue weighted by Crippen LogP contribution is -2.11. The Kier molecular flexibility index (Phi) is 6.98. The molecule has 2 aromatic rings. The van der Waals surface area contributed by atoms with E-state index in [2.05, 4.69) is 20.3 Å². The Balaban J connectivity index is 1.85. The van der Waals surface area contributed by atoms with Crippen LogP contribution in [-0.2, 0) is 25.7 Å².